The number of amides is 1. The van der Waals surface area contributed by atoms with Gasteiger partial charge >= 0.3 is 0 Å². The summed E-state index contributed by atoms with van der Waals surface area (Å²) in [7, 11) is 1.62. The first-order valence-electron chi connectivity index (χ1n) is 15.5. The molecule has 0 radical (unpaired) electrons. The van der Waals surface area contributed by atoms with Gasteiger partial charge in [-0.1, -0.05) is 36.9 Å². The first kappa shape index (κ1) is 29.7. The Balaban J connectivity index is 1.16. The van der Waals surface area contributed by atoms with Crippen LogP contribution in [-0.4, -0.2) is 54.8 Å². The minimum Gasteiger partial charge on any atom is -0.494 e. The Hall–Kier alpha value is -5.00. The van der Waals surface area contributed by atoms with E-state index in [-0.39, 0.29) is 23.3 Å². The number of nitrogens with zero attached hydrogens (tertiary/aromatic N) is 4. The van der Waals surface area contributed by atoms with Crippen molar-refractivity contribution in [3.8, 4) is 16.9 Å². The molecule has 7 rings (SSSR count). The van der Waals surface area contributed by atoms with Crippen LogP contribution in [0.2, 0.25) is 0 Å². The van der Waals surface area contributed by atoms with Gasteiger partial charge in [0.15, 0.2) is 5.82 Å². The number of nitrogens with one attached hydrogen (secondary N) is 3. The fourth-order valence-electron chi connectivity index (χ4n) is 6.29. The lowest BCUT2D eigenvalue weighted by atomic mass is 9.98. The van der Waals surface area contributed by atoms with Gasteiger partial charge in [0.1, 0.15) is 23.7 Å². The number of hydrogen-bond donors (Lipinski definition) is 3. The Morgan fingerprint density at radius 3 is 2.72 bits per heavy atom. The summed E-state index contributed by atoms with van der Waals surface area (Å²) in [6.07, 6.45) is 5.79. The van der Waals surface area contributed by atoms with Crippen LogP contribution in [0.1, 0.15) is 30.9 Å². The maximum absolute atomic E-state index is 13.9. The highest BCUT2D eigenvalue weighted by Crippen LogP contribution is 2.44. The third-order valence-corrected chi connectivity index (χ3v) is 8.81. The third kappa shape index (κ3) is 6.11. The molecule has 1 spiro atoms. The van der Waals surface area contributed by atoms with Crippen LogP contribution in [-0.2, 0) is 9.63 Å². The number of anilines is 5. The van der Waals surface area contributed by atoms with Crippen molar-refractivity contribution in [3.63, 3.8) is 0 Å². The molecule has 11 heteroatoms. The second-order valence-corrected chi connectivity index (χ2v) is 11.9. The minimum atomic E-state index is -0.295. The third-order valence-electron chi connectivity index (χ3n) is 8.81. The fourth-order valence-corrected chi connectivity index (χ4v) is 6.29. The summed E-state index contributed by atoms with van der Waals surface area (Å²) < 4.78 is 19.7. The van der Waals surface area contributed by atoms with Crippen LogP contribution in [0.25, 0.3) is 11.1 Å². The molecule has 1 aromatic heterocycles. The molecule has 1 amide bonds. The lowest BCUT2D eigenvalue weighted by Gasteiger charge is -2.37. The van der Waals surface area contributed by atoms with Crippen molar-refractivity contribution >= 4 is 34.6 Å². The highest BCUT2D eigenvalue weighted by molar-refractivity contribution is 6.02. The molecule has 1 unspecified atom stereocenters. The average molecular weight is 622 g/mol. The van der Waals surface area contributed by atoms with E-state index in [1.807, 2.05) is 42.5 Å². The number of methoxy groups -OCH3 is 1. The van der Waals surface area contributed by atoms with E-state index in [0.717, 1.165) is 61.3 Å². The van der Waals surface area contributed by atoms with Crippen molar-refractivity contribution in [3.05, 3.63) is 97.1 Å². The van der Waals surface area contributed by atoms with Gasteiger partial charge in [-0.25, -0.2) is 19.4 Å². The number of rotatable bonds is 9. The second-order valence-electron chi connectivity index (χ2n) is 11.9. The summed E-state index contributed by atoms with van der Waals surface area (Å²) in [4.78, 5) is 29.8. The normalized spacial score (nSPS) is 18.3. The number of hydrogen-bond acceptors (Lipinski definition) is 9. The molecule has 1 saturated carbocycles. The van der Waals surface area contributed by atoms with E-state index < -0.39 is 0 Å². The van der Waals surface area contributed by atoms with Crippen LogP contribution in [0.15, 0.2) is 85.7 Å². The van der Waals surface area contributed by atoms with Crippen LogP contribution in [0.4, 0.5) is 33.1 Å². The number of ether oxygens (including phenoxy) is 1. The lowest BCUT2D eigenvalue weighted by molar-refractivity contribution is -0.111. The summed E-state index contributed by atoms with van der Waals surface area (Å²) in [6, 6.07) is 20.2. The van der Waals surface area contributed by atoms with Crippen molar-refractivity contribution in [2.45, 2.75) is 30.8 Å². The number of aromatic nitrogens is 2. The molecule has 3 heterocycles. The summed E-state index contributed by atoms with van der Waals surface area (Å²) in [6.45, 7) is 6.70. The summed E-state index contributed by atoms with van der Waals surface area (Å²) in [5.41, 5.74) is 5.10. The summed E-state index contributed by atoms with van der Waals surface area (Å²) in [5, 5.41) is 11.8. The maximum atomic E-state index is 13.9. The van der Waals surface area contributed by atoms with Crippen molar-refractivity contribution in [2.75, 3.05) is 53.9 Å². The van der Waals surface area contributed by atoms with Crippen molar-refractivity contribution in [1.82, 2.24) is 15.3 Å². The van der Waals surface area contributed by atoms with Gasteiger partial charge in [-0.15, -0.1) is 0 Å². The fraction of sp³-hybridized carbons (Fsp3) is 0.286. The molecule has 3 fully saturated rings. The zero-order valence-corrected chi connectivity index (χ0v) is 25.6. The quantitative estimate of drug-likeness (QED) is 0.195. The first-order chi connectivity index (χ1) is 22.4. The molecule has 236 valence electrons. The summed E-state index contributed by atoms with van der Waals surface area (Å²) in [5.74, 6) is 1.16. The Morgan fingerprint density at radius 2 is 1.93 bits per heavy atom. The van der Waals surface area contributed by atoms with Gasteiger partial charge in [0.05, 0.1) is 36.8 Å². The number of piperazine rings is 1. The highest BCUT2D eigenvalue weighted by atomic mass is 19.1. The van der Waals surface area contributed by atoms with E-state index in [1.165, 1.54) is 24.5 Å². The monoisotopic (exact) mass is 621 g/mol. The molecule has 1 atom stereocenters. The Labute approximate surface area is 267 Å². The smallest absolute Gasteiger partial charge is 0.247 e. The number of hydroxylamine groups is 1. The zero-order chi connectivity index (χ0) is 31.7. The molecular weight excluding hydrogens is 585 g/mol. The Bertz CT molecular complexity index is 1780. The molecule has 0 bridgehead atoms. The van der Waals surface area contributed by atoms with Gasteiger partial charge in [-0.05, 0) is 59.9 Å². The Morgan fingerprint density at radius 1 is 1.11 bits per heavy atom. The molecule has 10 nitrogen and oxygen atoms in total. The zero-order valence-electron chi connectivity index (χ0n) is 25.6. The molecule has 2 aliphatic heterocycles. The lowest BCUT2D eigenvalue weighted by Crippen LogP contribution is -2.52. The van der Waals surface area contributed by atoms with E-state index in [4.69, 9.17) is 9.57 Å². The van der Waals surface area contributed by atoms with Gasteiger partial charge in [-0.3, -0.25) is 9.63 Å². The predicted octanol–water partition coefficient (Wildman–Crippen LogP) is 5.98. The average Bonchev–Trinajstić information content (AvgIpc) is 3.62. The van der Waals surface area contributed by atoms with Gasteiger partial charge in [0.25, 0.3) is 0 Å². The van der Waals surface area contributed by atoms with E-state index in [0.29, 0.717) is 35.4 Å². The van der Waals surface area contributed by atoms with E-state index >= 15 is 0 Å². The second kappa shape index (κ2) is 12.4. The number of halogens is 1. The van der Waals surface area contributed by atoms with Gasteiger partial charge in [-0.2, -0.15) is 0 Å². The van der Waals surface area contributed by atoms with Crippen LogP contribution >= 0.6 is 0 Å². The van der Waals surface area contributed by atoms with Crippen LogP contribution < -0.4 is 30.7 Å². The number of benzene rings is 3. The molecular formula is C35H36FN7O3. The molecule has 2 saturated heterocycles. The van der Waals surface area contributed by atoms with Crippen LogP contribution in [0.5, 0.6) is 5.75 Å². The number of carbonyl (C=O) groups is 1. The van der Waals surface area contributed by atoms with Gasteiger partial charge in [0.2, 0.25) is 5.91 Å². The Kier molecular flexibility index (Phi) is 8.02. The van der Waals surface area contributed by atoms with Crippen LogP contribution in [0.3, 0.4) is 0 Å². The van der Waals surface area contributed by atoms with E-state index in [2.05, 4.69) is 43.5 Å². The summed E-state index contributed by atoms with van der Waals surface area (Å²) >= 11 is 0. The highest BCUT2D eigenvalue weighted by Gasteiger charge is 2.46. The van der Waals surface area contributed by atoms with Crippen LogP contribution in [0, 0.1) is 5.82 Å². The molecule has 46 heavy (non-hydrogen) atoms. The van der Waals surface area contributed by atoms with Crippen molar-refractivity contribution in [1.29, 1.82) is 0 Å². The maximum Gasteiger partial charge on any atom is 0.247 e. The molecule has 4 aromatic rings. The van der Waals surface area contributed by atoms with E-state index in [9.17, 15) is 9.18 Å². The number of carbonyl (C=O) groups excluding carboxylic acids is 1. The largest absolute Gasteiger partial charge is 0.494 e. The van der Waals surface area contributed by atoms with Crippen molar-refractivity contribution in [2.24, 2.45) is 0 Å². The predicted molar refractivity (Wildman–Crippen MR) is 177 cm³/mol. The SMILES string of the molecule is C=CC(=O)Nc1cc(Nc2cc(N3OCCC3c3cccc(-c4cccc(F)c4)c3)ncn2)c(OC)cc1N1CCNC2(CC2)C1. The van der Waals surface area contributed by atoms with E-state index in [1.54, 1.807) is 18.2 Å². The van der Waals surface area contributed by atoms with Gasteiger partial charge in [0, 0.05) is 43.7 Å². The molecule has 3 aromatic carbocycles. The van der Waals surface area contributed by atoms with Gasteiger partial charge < -0.3 is 25.6 Å². The topological polar surface area (TPSA) is 104 Å². The molecule has 3 aliphatic rings. The van der Waals surface area contributed by atoms with Crippen molar-refractivity contribution < 1.29 is 18.8 Å². The minimum absolute atomic E-state index is 0.0976. The standard InChI is InChI=1S/C35H36FN7O3/c1-3-34(44)41-27-18-28(31(45-2)19-30(27)42-14-13-39-35(21-42)11-12-35)40-32-20-33(38-22-37-32)43-29(10-15-46-43)25-8-4-6-23(16-25)24-7-5-9-26(36)17-24/h3-9,16-20,22,29,39H,1,10-15,21H2,2H3,(H,41,44)(H,37,38,40). The molecule has 1 aliphatic carbocycles. The first-order valence-corrected chi connectivity index (χ1v) is 15.5. The molecule has 3 N–H and O–H groups in total.